The molecule has 22 heavy (non-hydrogen) atoms. The van der Waals surface area contributed by atoms with Crippen LogP contribution in [0.1, 0.15) is 17.7 Å². The fourth-order valence-corrected chi connectivity index (χ4v) is 2.93. The van der Waals surface area contributed by atoms with E-state index in [1.165, 1.54) is 17.8 Å². The molecule has 0 radical (unpaired) electrons. The van der Waals surface area contributed by atoms with Gasteiger partial charge in [0.1, 0.15) is 5.82 Å². The summed E-state index contributed by atoms with van der Waals surface area (Å²) in [6, 6.07) is 14.2. The molecule has 1 heterocycles. The van der Waals surface area contributed by atoms with Crippen molar-refractivity contribution in [3.05, 3.63) is 64.9 Å². The van der Waals surface area contributed by atoms with Gasteiger partial charge in [0, 0.05) is 10.8 Å². The minimum atomic E-state index is -0.424. The van der Waals surface area contributed by atoms with Crippen LogP contribution in [0.25, 0.3) is 11.5 Å². The molecule has 0 spiro atoms. The molecular weight excluding hydrogens is 323 g/mol. The Bertz CT molecular complexity index is 779. The summed E-state index contributed by atoms with van der Waals surface area (Å²) in [5, 5.41) is 8.67. The number of benzene rings is 2. The van der Waals surface area contributed by atoms with Gasteiger partial charge in [-0.1, -0.05) is 47.6 Å². The van der Waals surface area contributed by atoms with Crippen molar-refractivity contribution < 1.29 is 8.81 Å². The van der Waals surface area contributed by atoms with Gasteiger partial charge in [0.05, 0.1) is 5.02 Å². The number of hydrogen-bond acceptors (Lipinski definition) is 4. The molecule has 112 valence electrons. The minimum Gasteiger partial charge on any atom is -0.411 e. The third kappa shape index (κ3) is 3.31. The van der Waals surface area contributed by atoms with Crippen molar-refractivity contribution in [3.63, 3.8) is 0 Å². The van der Waals surface area contributed by atoms with E-state index in [2.05, 4.69) is 10.2 Å². The van der Waals surface area contributed by atoms with Gasteiger partial charge in [0.25, 0.3) is 5.22 Å². The highest BCUT2D eigenvalue weighted by Gasteiger charge is 2.15. The largest absolute Gasteiger partial charge is 0.411 e. The van der Waals surface area contributed by atoms with Crippen molar-refractivity contribution in [1.82, 2.24) is 10.2 Å². The molecule has 0 bridgehead atoms. The first-order valence-corrected chi connectivity index (χ1v) is 7.90. The topological polar surface area (TPSA) is 38.9 Å². The molecule has 1 unspecified atom stereocenters. The Morgan fingerprint density at radius 3 is 2.64 bits per heavy atom. The molecule has 0 aliphatic carbocycles. The Morgan fingerprint density at radius 2 is 1.91 bits per heavy atom. The van der Waals surface area contributed by atoms with E-state index in [9.17, 15) is 4.39 Å². The third-order valence-corrected chi connectivity index (χ3v) is 4.40. The zero-order chi connectivity index (χ0) is 15.5. The first-order chi connectivity index (χ1) is 10.6. The summed E-state index contributed by atoms with van der Waals surface area (Å²) >= 11 is 7.21. The van der Waals surface area contributed by atoms with Crippen LogP contribution < -0.4 is 0 Å². The molecule has 1 aromatic heterocycles. The minimum absolute atomic E-state index is 0.0159. The molecular formula is C16H12ClFN2OS. The van der Waals surface area contributed by atoms with Crippen molar-refractivity contribution in [2.75, 3.05) is 0 Å². The van der Waals surface area contributed by atoms with Crippen molar-refractivity contribution in [3.8, 4) is 11.5 Å². The van der Waals surface area contributed by atoms with Gasteiger partial charge in [-0.05, 0) is 36.8 Å². The number of nitrogens with zero attached hydrogens (tertiary/aromatic N) is 2. The Morgan fingerprint density at radius 1 is 1.14 bits per heavy atom. The van der Waals surface area contributed by atoms with Crippen LogP contribution in [-0.2, 0) is 0 Å². The van der Waals surface area contributed by atoms with Gasteiger partial charge < -0.3 is 4.42 Å². The molecule has 0 amide bonds. The monoisotopic (exact) mass is 334 g/mol. The number of aromatic nitrogens is 2. The lowest BCUT2D eigenvalue weighted by Crippen LogP contribution is -1.90. The van der Waals surface area contributed by atoms with E-state index in [0.29, 0.717) is 11.1 Å². The third-order valence-electron chi connectivity index (χ3n) is 3.12. The van der Waals surface area contributed by atoms with Crippen LogP contribution in [-0.4, -0.2) is 10.2 Å². The van der Waals surface area contributed by atoms with E-state index in [0.717, 1.165) is 11.1 Å². The second-order valence-corrected chi connectivity index (χ2v) is 6.37. The summed E-state index contributed by atoms with van der Waals surface area (Å²) in [6.45, 7) is 1.97. The molecule has 6 heteroatoms. The van der Waals surface area contributed by atoms with Crippen LogP contribution in [0.3, 0.4) is 0 Å². The predicted octanol–water partition coefficient (Wildman–Crippen LogP) is 5.38. The smallest absolute Gasteiger partial charge is 0.277 e. The highest BCUT2D eigenvalue weighted by atomic mass is 35.5. The van der Waals surface area contributed by atoms with Gasteiger partial charge in [-0.3, -0.25) is 0 Å². The van der Waals surface area contributed by atoms with Gasteiger partial charge in [0.15, 0.2) is 0 Å². The number of hydrogen-bond donors (Lipinski definition) is 0. The summed E-state index contributed by atoms with van der Waals surface area (Å²) in [6.07, 6.45) is 0. The number of halogens is 2. The SMILES string of the molecule is CC(Sc1nnc(-c2ccccc2)o1)c1ccc(F)c(Cl)c1. The zero-order valence-electron chi connectivity index (χ0n) is 11.7. The van der Waals surface area contributed by atoms with Gasteiger partial charge in [-0.15, -0.1) is 10.2 Å². The van der Waals surface area contributed by atoms with Crippen LogP contribution >= 0.6 is 23.4 Å². The van der Waals surface area contributed by atoms with Gasteiger partial charge >= 0.3 is 0 Å². The van der Waals surface area contributed by atoms with Crippen molar-refractivity contribution in [1.29, 1.82) is 0 Å². The van der Waals surface area contributed by atoms with E-state index in [1.54, 1.807) is 12.1 Å². The second-order valence-electron chi connectivity index (χ2n) is 4.67. The lowest BCUT2D eigenvalue weighted by molar-refractivity contribution is 0.465. The van der Waals surface area contributed by atoms with Crippen LogP contribution in [0.2, 0.25) is 5.02 Å². The quantitative estimate of drug-likeness (QED) is 0.600. The molecule has 3 nitrogen and oxygen atoms in total. The summed E-state index contributed by atoms with van der Waals surface area (Å²) in [5.41, 5.74) is 1.77. The van der Waals surface area contributed by atoms with Crippen molar-refractivity contribution in [2.24, 2.45) is 0 Å². The molecule has 1 atom stereocenters. The molecule has 0 N–H and O–H groups in total. The average molecular weight is 335 g/mol. The highest BCUT2D eigenvalue weighted by Crippen LogP contribution is 2.36. The Labute approximate surface area is 136 Å². The summed E-state index contributed by atoms with van der Waals surface area (Å²) in [7, 11) is 0. The lowest BCUT2D eigenvalue weighted by atomic mass is 10.2. The molecule has 0 saturated carbocycles. The number of thioether (sulfide) groups is 1. The highest BCUT2D eigenvalue weighted by molar-refractivity contribution is 7.99. The van der Waals surface area contributed by atoms with Gasteiger partial charge in [-0.2, -0.15) is 0 Å². The average Bonchev–Trinajstić information content (AvgIpc) is 2.99. The van der Waals surface area contributed by atoms with Crippen LogP contribution in [0.5, 0.6) is 0 Å². The van der Waals surface area contributed by atoms with E-state index >= 15 is 0 Å². The van der Waals surface area contributed by atoms with Crippen LogP contribution in [0.15, 0.2) is 58.2 Å². The van der Waals surface area contributed by atoms with Crippen molar-refractivity contribution >= 4 is 23.4 Å². The van der Waals surface area contributed by atoms with Crippen LogP contribution in [0.4, 0.5) is 4.39 Å². The Kier molecular flexibility index (Phi) is 4.45. The molecule has 2 aromatic carbocycles. The van der Waals surface area contributed by atoms with E-state index in [1.807, 2.05) is 37.3 Å². The second kappa shape index (κ2) is 6.50. The first-order valence-electron chi connectivity index (χ1n) is 6.64. The maximum atomic E-state index is 13.2. The predicted molar refractivity (Wildman–Crippen MR) is 85.4 cm³/mol. The maximum absolute atomic E-state index is 13.2. The van der Waals surface area contributed by atoms with Gasteiger partial charge in [0.2, 0.25) is 5.89 Å². The standard InChI is InChI=1S/C16H12ClFN2OS/c1-10(12-7-8-14(18)13(17)9-12)22-16-20-19-15(21-16)11-5-3-2-4-6-11/h2-10H,1H3. The fraction of sp³-hybridized carbons (Fsp3) is 0.125. The van der Waals surface area contributed by atoms with E-state index in [4.69, 9.17) is 16.0 Å². The molecule has 0 saturated heterocycles. The Hall–Kier alpha value is -1.85. The molecule has 0 fully saturated rings. The summed E-state index contributed by atoms with van der Waals surface area (Å²) < 4.78 is 18.8. The summed E-state index contributed by atoms with van der Waals surface area (Å²) in [5.74, 6) is 0.0548. The Balaban J connectivity index is 1.76. The molecule has 3 aromatic rings. The lowest BCUT2D eigenvalue weighted by Gasteiger charge is -2.09. The summed E-state index contributed by atoms with van der Waals surface area (Å²) in [4.78, 5) is 0. The molecule has 3 rings (SSSR count). The fourth-order valence-electron chi connectivity index (χ4n) is 1.94. The zero-order valence-corrected chi connectivity index (χ0v) is 13.2. The van der Waals surface area contributed by atoms with E-state index in [-0.39, 0.29) is 10.3 Å². The molecule has 0 aliphatic rings. The normalized spacial score (nSPS) is 12.3. The van der Waals surface area contributed by atoms with Gasteiger partial charge in [-0.25, -0.2) is 4.39 Å². The first kappa shape index (κ1) is 15.1. The van der Waals surface area contributed by atoms with Crippen molar-refractivity contribution in [2.45, 2.75) is 17.4 Å². The van der Waals surface area contributed by atoms with E-state index < -0.39 is 5.82 Å². The number of rotatable bonds is 4. The molecule has 0 aliphatic heterocycles. The van der Waals surface area contributed by atoms with Crippen LogP contribution in [0, 0.1) is 5.82 Å². The maximum Gasteiger partial charge on any atom is 0.277 e.